The minimum absolute atomic E-state index is 0. The molecule has 2 atom stereocenters. The van der Waals surface area contributed by atoms with Gasteiger partial charge in [0.05, 0.1) is 19.1 Å². The summed E-state index contributed by atoms with van der Waals surface area (Å²) in [7, 11) is 3.13. The highest BCUT2D eigenvalue weighted by Gasteiger charge is 2.16. The highest BCUT2D eigenvalue weighted by atomic mass is 127. The fraction of sp³-hybridized carbons (Fsp3) is 0.579. The Balaban J connectivity index is 0.00000338. The Labute approximate surface area is 173 Å². The molecule has 1 aromatic carbocycles. The Kier molecular flexibility index (Phi) is 9.75. The largest absolute Gasteiger partial charge is 0.469 e. The van der Waals surface area contributed by atoms with Crippen LogP contribution in [0.25, 0.3) is 0 Å². The molecule has 26 heavy (non-hydrogen) atoms. The highest BCUT2D eigenvalue weighted by molar-refractivity contribution is 14.0. The van der Waals surface area contributed by atoms with E-state index in [9.17, 15) is 4.79 Å². The Hall–Kier alpha value is -1.51. The van der Waals surface area contributed by atoms with Gasteiger partial charge in [0.1, 0.15) is 0 Å². The molecule has 1 fully saturated rings. The molecule has 0 spiro atoms. The second-order valence-corrected chi connectivity index (χ2v) is 6.53. The van der Waals surface area contributed by atoms with Gasteiger partial charge in [0.2, 0.25) is 0 Å². The number of aliphatic imine (C=N–C) groups is 1. The molecule has 0 aromatic heterocycles. The number of ether oxygens (including phenoxy) is 1. The van der Waals surface area contributed by atoms with Gasteiger partial charge in [-0.25, -0.2) is 0 Å². The smallest absolute Gasteiger partial charge is 0.310 e. The zero-order valence-electron chi connectivity index (χ0n) is 16.1. The van der Waals surface area contributed by atoms with Crippen molar-refractivity contribution in [2.45, 2.75) is 32.7 Å². The van der Waals surface area contributed by atoms with Crippen LogP contribution in [0.15, 0.2) is 29.3 Å². The molecule has 1 saturated heterocycles. The van der Waals surface area contributed by atoms with Gasteiger partial charge >= 0.3 is 5.97 Å². The van der Waals surface area contributed by atoms with Crippen molar-refractivity contribution < 1.29 is 9.53 Å². The molecule has 6 nitrogen and oxygen atoms in total. The zero-order chi connectivity index (χ0) is 18.2. The van der Waals surface area contributed by atoms with Crippen molar-refractivity contribution >= 4 is 41.6 Å². The fourth-order valence-corrected chi connectivity index (χ4v) is 2.98. The van der Waals surface area contributed by atoms with E-state index in [0.29, 0.717) is 12.5 Å². The molecule has 1 aromatic rings. The number of nitrogens with one attached hydrogen (secondary N) is 2. The van der Waals surface area contributed by atoms with Gasteiger partial charge < -0.3 is 20.3 Å². The van der Waals surface area contributed by atoms with E-state index in [-0.39, 0.29) is 41.9 Å². The van der Waals surface area contributed by atoms with Crippen LogP contribution in [0.3, 0.4) is 0 Å². The molecule has 2 rings (SSSR count). The Morgan fingerprint density at radius 3 is 2.62 bits per heavy atom. The lowest BCUT2D eigenvalue weighted by atomic mass is 10.1. The van der Waals surface area contributed by atoms with E-state index in [1.54, 1.807) is 7.05 Å². The number of benzene rings is 1. The van der Waals surface area contributed by atoms with E-state index in [1.165, 1.54) is 31.2 Å². The van der Waals surface area contributed by atoms with Gasteiger partial charge in [0, 0.05) is 32.4 Å². The summed E-state index contributed by atoms with van der Waals surface area (Å²) in [5.41, 5.74) is 2.50. The Morgan fingerprint density at radius 1 is 1.31 bits per heavy atom. The maximum atomic E-state index is 11.5. The molecule has 146 valence electrons. The first-order valence-electron chi connectivity index (χ1n) is 8.95. The van der Waals surface area contributed by atoms with Crippen molar-refractivity contribution in [1.29, 1.82) is 0 Å². The number of hydrogen-bond acceptors (Lipinski definition) is 4. The Morgan fingerprint density at radius 2 is 2.00 bits per heavy atom. The number of rotatable bonds is 6. The molecule has 0 aliphatic carbocycles. The van der Waals surface area contributed by atoms with E-state index >= 15 is 0 Å². The van der Waals surface area contributed by atoms with Gasteiger partial charge in [0.15, 0.2) is 5.96 Å². The minimum Gasteiger partial charge on any atom is -0.469 e. The normalized spacial score (nSPS) is 16.5. The summed E-state index contributed by atoms with van der Waals surface area (Å²) in [4.78, 5) is 18.2. The van der Waals surface area contributed by atoms with Crippen LogP contribution in [0, 0.1) is 5.92 Å². The number of hydrogen-bond donors (Lipinski definition) is 2. The molecule has 1 aliphatic rings. The van der Waals surface area contributed by atoms with Crippen LogP contribution in [0.4, 0.5) is 5.69 Å². The van der Waals surface area contributed by atoms with Gasteiger partial charge in [-0.3, -0.25) is 9.79 Å². The van der Waals surface area contributed by atoms with Crippen LogP contribution >= 0.6 is 24.0 Å². The highest BCUT2D eigenvalue weighted by Crippen LogP contribution is 2.23. The van der Waals surface area contributed by atoms with E-state index in [0.717, 1.165) is 13.1 Å². The van der Waals surface area contributed by atoms with Crippen LogP contribution in [0.2, 0.25) is 0 Å². The second kappa shape index (κ2) is 11.3. The molecule has 2 unspecified atom stereocenters. The number of halogens is 1. The van der Waals surface area contributed by atoms with Crippen LogP contribution in [0.1, 0.15) is 38.3 Å². The summed E-state index contributed by atoms with van der Waals surface area (Å²) in [6.07, 6.45) is 2.54. The quantitative estimate of drug-likeness (QED) is 0.287. The third-order valence-electron chi connectivity index (χ3n) is 4.60. The predicted octanol–water partition coefficient (Wildman–Crippen LogP) is 2.94. The van der Waals surface area contributed by atoms with Gasteiger partial charge in [-0.2, -0.15) is 0 Å². The monoisotopic (exact) mass is 474 g/mol. The second-order valence-electron chi connectivity index (χ2n) is 6.53. The minimum atomic E-state index is -0.227. The molecular formula is C19H31IN4O2. The van der Waals surface area contributed by atoms with Gasteiger partial charge in [-0.1, -0.05) is 19.1 Å². The van der Waals surface area contributed by atoms with Crippen molar-refractivity contribution in [3.8, 4) is 0 Å². The van der Waals surface area contributed by atoms with E-state index < -0.39 is 0 Å². The molecule has 1 aliphatic heterocycles. The number of nitrogens with zero attached hydrogens (tertiary/aromatic N) is 2. The molecule has 7 heteroatoms. The molecular weight excluding hydrogens is 443 g/mol. The lowest BCUT2D eigenvalue weighted by molar-refractivity contribution is -0.144. The number of carbonyl (C=O) groups is 1. The first kappa shape index (κ1) is 22.5. The number of anilines is 1. The molecule has 0 saturated carbocycles. The molecule has 0 bridgehead atoms. The number of carbonyl (C=O) groups excluding carboxylic acids is 1. The van der Waals surface area contributed by atoms with E-state index in [1.807, 2.05) is 6.92 Å². The van der Waals surface area contributed by atoms with E-state index in [2.05, 4.69) is 51.7 Å². The standard InChI is InChI=1S/C19H30N4O2.HI/c1-14(18(24)25-4)13-21-19(20-3)22-15(2)16-8-7-9-17(12-16)23-10-5-6-11-23;/h7-9,12,14-15H,5-6,10-11,13H2,1-4H3,(H2,20,21,22);1H. The Bertz CT molecular complexity index is 603. The number of esters is 1. The first-order chi connectivity index (χ1) is 12.0. The van der Waals surface area contributed by atoms with Crippen molar-refractivity contribution in [2.75, 3.05) is 38.7 Å². The molecule has 0 radical (unpaired) electrons. The van der Waals surface area contributed by atoms with Crippen LogP contribution in [0.5, 0.6) is 0 Å². The van der Waals surface area contributed by atoms with Gasteiger partial charge in [0.25, 0.3) is 0 Å². The number of guanidine groups is 1. The zero-order valence-corrected chi connectivity index (χ0v) is 18.4. The SMILES string of the molecule is CN=C(NCC(C)C(=O)OC)NC(C)c1cccc(N2CCCC2)c1.I. The summed E-state index contributed by atoms with van der Waals surface area (Å²) in [6.45, 7) is 6.70. The van der Waals surface area contributed by atoms with Crippen LogP contribution in [-0.4, -0.2) is 45.7 Å². The maximum absolute atomic E-state index is 11.5. The lowest BCUT2D eigenvalue weighted by Crippen LogP contribution is -2.41. The lowest BCUT2D eigenvalue weighted by Gasteiger charge is -2.22. The van der Waals surface area contributed by atoms with Crippen molar-refractivity contribution in [2.24, 2.45) is 10.9 Å². The summed E-state index contributed by atoms with van der Waals surface area (Å²) in [5.74, 6) is 0.224. The van der Waals surface area contributed by atoms with Crippen molar-refractivity contribution in [3.05, 3.63) is 29.8 Å². The molecule has 1 heterocycles. The average Bonchev–Trinajstić information content (AvgIpc) is 3.18. The maximum Gasteiger partial charge on any atom is 0.310 e. The van der Waals surface area contributed by atoms with Crippen LogP contribution in [-0.2, 0) is 9.53 Å². The van der Waals surface area contributed by atoms with E-state index in [4.69, 9.17) is 4.74 Å². The number of methoxy groups -OCH3 is 1. The average molecular weight is 474 g/mol. The third-order valence-corrected chi connectivity index (χ3v) is 4.60. The summed E-state index contributed by atoms with van der Waals surface area (Å²) >= 11 is 0. The predicted molar refractivity (Wildman–Crippen MR) is 117 cm³/mol. The van der Waals surface area contributed by atoms with Gasteiger partial charge in [-0.15, -0.1) is 24.0 Å². The third kappa shape index (κ3) is 6.34. The summed E-state index contributed by atoms with van der Waals surface area (Å²) in [6, 6.07) is 8.76. The molecule has 2 N–H and O–H groups in total. The van der Waals surface area contributed by atoms with Crippen molar-refractivity contribution in [1.82, 2.24) is 10.6 Å². The summed E-state index contributed by atoms with van der Waals surface area (Å²) in [5, 5.41) is 6.56. The van der Waals surface area contributed by atoms with Crippen molar-refractivity contribution in [3.63, 3.8) is 0 Å². The topological polar surface area (TPSA) is 66.0 Å². The first-order valence-corrected chi connectivity index (χ1v) is 8.95. The van der Waals surface area contributed by atoms with Crippen LogP contribution < -0.4 is 15.5 Å². The van der Waals surface area contributed by atoms with Gasteiger partial charge in [-0.05, 0) is 37.5 Å². The summed E-state index contributed by atoms with van der Waals surface area (Å²) < 4.78 is 4.75. The molecule has 0 amide bonds. The fourth-order valence-electron chi connectivity index (χ4n) is 2.98.